The number of hydrogen-bond acceptors (Lipinski definition) is 0. The van der Waals surface area contributed by atoms with E-state index in [-0.39, 0.29) is 11.8 Å². The summed E-state index contributed by atoms with van der Waals surface area (Å²) in [5.74, 6) is -1.30. The quantitative estimate of drug-likeness (QED) is 0.155. The molecule has 2 aliphatic carbocycles. The van der Waals surface area contributed by atoms with E-state index in [9.17, 15) is 0 Å². The van der Waals surface area contributed by atoms with Crippen LogP contribution in [0.15, 0.2) is 132 Å². The van der Waals surface area contributed by atoms with Gasteiger partial charge in [-0.15, -0.1) is 0 Å². The summed E-state index contributed by atoms with van der Waals surface area (Å²) in [5.41, 5.74) is 10.6. The second-order valence-electron chi connectivity index (χ2n) is 13.6. The van der Waals surface area contributed by atoms with Crippen molar-refractivity contribution in [3.8, 4) is 0 Å². The van der Waals surface area contributed by atoms with Crippen LogP contribution in [0.25, 0.3) is 33.7 Å². The zero-order chi connectivity index (χ0) is 31.8. The topological polar surface area (TPSA) is 0 Å². The minimum absolute atomic E-state index is 0.182. The van der Waals surface area contributed by atoms with Crippen molar-refractivity contribution in [2.75, 3.05) is 0 Å². The molecule has 2 atom stereocenters. The van der Waals surface area contributed by atoms with Gasteiger partial charge < -0.3 is 0 Å². The maximum absolute atomic E-state index is 8.40. The van der Waals surface area contributed by atoms with Gasteiger partial charge in [0.2, 0.25) is 0 Å². The molecule has 227 valence electrons. The van der Waals surface area contributed by atoms with E-state index in [0.29, 0.717) is 0 Å². The first kappa shape index (κ1) is 30.3. The molecule has 0 aliphatic heterocycles. The SMILES string of the molecule is CC1=Cc2c(ccc[c]2[Zr]([Cl])([Cl])([c]2cccc3c2C=C(C)C3c2cccc3ccccc23)[SiH](C)C)C1c1cccc2ccccc12. The molecule has 0 heterocycles. The average Bonchev–Trinajstić information content (AvgIpc) is 3.58. The molecule has 0 spiro atoms. The first-order valence-electron chi connectivity index (χ1n) is 16.3. The van der Waals surface area contributed by atoms with E-state index < -0.39 is 21.5 Å². The number of fused-ring (bicyclic) bond motifs is 4. The second-order valence-corrected chi connectivity index (χ2v) is 54.0. The van der Waals surface area contributed by atoms with Crippen molar-refractivity contribution in [1.29, 1.82) is 0 Å². The van der Waals surface area contributed by atoms with Crippen LogP contribution in [-0.4, -0.2) is 5.92 Å². The molecule has 46 heavy (non-hydrogen) atoms. The normalized spacial score (nSPS) is 18.3. The van der Waals surface area contributed by atoms with Gasteiger partial charge in [-0.25, -0.2) is 0 Å². The van der Waals surface area contributed by atoms with E-state index >= 15 is 0 Å². The van der Waals surface area contributed by atoms with E-state index in [1.54, 1.807) is 0 Å². The van der Waals surface area contributed by atoms with Gasteiger partial charge in [-0.1, -0.05) is 0 Å². The molecule has 0 saturated heterocycles. The first-order chi connectivity index (χ1) is 22.2. The fourth-order valence-electron chi connectivity index (χ4n) is 8.50. The van der Waals surface area contributed by atoms with Gasteiger partial charge in [0.15, 0.2) is 0 Å². The van der Waals surface area contributed by atoms with Gasteiger partial charge in [0.05, 0.1) is 0 Å². The Morgan fingerprint density at radius 1 is 0.478 bits per heavy atom. The molecular weight excluding hydrogens is 695 g/mol. The van der Waals surface area contributed by atoms with Crippen LogP contribution in [0.2, 0.25) is 13.1 Å². The zero-order valence-corrected chi connectivity index (χ0v) is 31.8. The first-order valence-corrected chi connectivity index (χ1v) is 32.3. The van der Waals surface area contributed by atoms with E-state index in [2.05, 4.69) is 160 Å². The number of allylic oxidation sites excluding steroid dienone is 2. The van der Waals surface area contributed by atoms with Crippen LogP contribution in [-0.2, 0) is 15.6 Å². The number of hydrogen-bond donors (Lipinski definition) is 0. The van der Waals surface area contributed by atoms with Crippen molar-refractivity contribution in [3.05, 3.63) is 166 Å². The summed E-state index contributed by atoms with van der Waals surface area (Å²) in [7, 11) is 16.8. The molecule has 0 aromatic heterocycles. The molecule has 0 bridgehead atoms. The van der Waals surface area contributed by atoms with Crippen LogP contribution in [0, 0.1) is 0 Å². The number of rotatable bonds is 5. The Labute approximate surface area is 281 Å². The Morgan fingerprint density at radius 3 is 1.28 bits per heavy atom. The molecule has 2 aliphatic rings. The van der Waals surface area contributed by atoms with Crippen molar-refractivity contribution in [1.82, 2.24) is 0 Å². The Morgan fingerprint density at radius 2 is 0.848 bits per heavy atom. The fraction of sp³-hybridized carbons (Fsp3) is 0.143. The number of halogens is 2. The molecule has 8 rings (SSSR count). The average molecular weight is 732 g/mol. The van der Waals surface area contributed by atoms with Crippen molar-refractivity contribution in [2.45, 2.75) is 38.8 Å². The van der Waals surface area contributed by atoms with Crippen molar-refractivity contribution >= 4 is 63.2 Å². The van der Waals surface area contributed by atoms with Crippen LogP contribution >= 0.6 is 17.0 Å². The van der Waals surface area contributed by atoms with Crippen LogP contribution < -0.4 is 6.54 Å². The van der Waals surface area contributed by atoms with Crippen molar-refractivity contribution in [2.24, 2.45) is 0 Å². The van der Waals surface area contributed by atoms with E-state index in [1.165, 1.54) is 72.6 Å². The van der Waals surface area contributed by atoms with Gasteiger partial charge in [-0.3, -0.25) is 0 Å². The summed E-state index contributed by atoms with van der Waals surface area (Å²) in [6.07, 6.45) is 4.80. The zero-order valence-electron chi connectivity index (χ0n) is 26.7. The predicted molar refractivity (Wildman–Crippen MR) is 202 cm³/mol. The summed E-state index contributed by atoms with van der Waals surface area (Å²) in [4.78, 5) is 0. The number of benzene rings is 6. The molecule has 0 saturated carbocycles. The molecule has 6 aromatic rings. The third-order valence-corrected chi connectivity index (χ3v) is 58.8. The molecule has 0 radical (unpaired) electrons. The van der Waals surface area contributed by atoms with Gasteiger partial charge in [0.25, 0.3) is 0 Å². The van der Waals surface area contributed by atoms with Crippen LogP contribution in [0.3, 0.4) is 0 Å². The molecule has 4 heteroatoms. The van der Waals surface area contributed by atoms with Gasteiger partial charge in [0.1, 0.15) is 0 Å². The fourth-order valence-corrected chi connectivity index (χ4v) is 32.0. The van der Waals surface area contributed by atoms with Crippen molar-refractivity contribution < 1.29 is 15.6 Å². The van der Waals surface area contributed by atoms with E-state index in [1.807, 2.05) is 0 Å². The monoisotopic (exact) mass is 729 g/mol. The standard InChI is InChI=1S/2C20H15.C2H7Si.2ClH.Zr/c2*1-14-13-16-8-3-5-11-18(16)20(14)19-12-6-9-15-7-2-4-10-17(15)19;1-3-2;;;/h2*2-7,9-13,20H,1H3;3H,1-2H3;2*1H;/q;;;;;+2/p-2. The van der Waals surface area contributed by atoms with Crippen LogP contribution in [0.1, 0.15) is 59.1 Å². The Kier molecular flexibility index (Phi) is 7.28. The van der Waals surface area contributed by atoms with Crippen molar-refractivity contribution in [3.63, 3.8) is 0 Å². The minimum atomic E-state index is -4.89. The summed E-state index contributed by atoms with van der Waals surface area (Å²) >= 11 is -4.89. The molecule has 0 fully saturated rings. The van der Waals surface area contributed by atoms with E-state index in [0.717, 1.165) is 0 Å². The van der Waals surface area contributed by atoms with Gasteiger partial charge in [0, 0.05) is 0 Å². The molecule has 2 unspecified atom stereocenters. The molecule has 0 amide bonds. The van der Waals surface area contributed by atoms with Crippen LogP contribution in [0.4, 0.5) is 0 Å². The van der Waals surface area contributed by atoms with Gasteiger partial charge >= 0.3 is 283 Å². The van der Waals surface area contributed by atoms with E-state index in [4.69, 9.17) is 17.0 Å². The summed E-state index contributed by atoms with van der Waals surface area (Å²) < 4.78 is 2.44. The Balaban J connectivity index is 1.33. The van der Waals surface area contributed by atoms with Gasteiger partial charge in [-0.2, -0.15) is 0 Å². The predicted octanol–water partition coefficient (Wildman–Crippen LogP) is 11.0. The summed E-state index contributed by atoms with van der Waals surface area (Å²) in [5, 5.41) is 5.16. The summed E-state index contributed by atoms with van der Waals surface area (Å²) in [6, 6.07) is 44.4. The second kappa shape index (κ2) is 11.0. The Hall–Kier alpha value is -3.00. The molecular formula is C42H37Cl2SiZr. The maximum atomic E-state index is 8.40. The Bertz CT molecular complexity index is 2110. The summed E-state index contributed by atoms with van der Waals surface area (Å²) in [6.45, 7) is 9.31. The van der Waals surface area contributed by atoms with Crippen LogP contribution in [0.5, 0.6) is 0 Å². The molecule has 6 aromatic carbocycles. The molecule has 0 nitrogen and oxygen atoms in total. The third-order valence-electron chi connectivity index (χ3n) is 10.8. The third kappa shape index (κ3) is 4.34. The van der Waals surface area contributed by atoms with Gasteiger partial charge in [-0.05, 0) is 0 Å². The molecule has 0 N–H and O–H groups in total.